The fourth-order valence-corrected chi connectivity index (χ4v) is 3.91. The van der Waals surface area contributed by atoms with E-state index < -0.39 is 24.0 Å². The topological polar surface area (TPSA) is 80.4 Å². The van der Waals surface area contributed by atoms with Crippen molar-refractivity contribution in [3.8, 4) is 0 Å². The van der Waals surface area contributed by atoms with Gasteiger partial charge < -0.3 is 5.11 Å². The number of carbonyl (C=O) groups excluding carboxylic acids is 1. The number of ketones is 1. The first-order chi connectivity index (χ1) is 12.0. The molecule has 5 nitrogen and oxygen atoms in total. The molecule has 2 aromatic rings. The smallest absolute Gasteiger partial charge is 0.221 e. The molecule has 1 aliphatic carbocycles. The molecular weight excluding hydrogens is 318 g/mol. The molecular formula is C20H21NO4. The average molecular weight is 339 g/mol. The van der Waals surface area contributed by atoms with Crippen molar-refractivity contribution in [1.82, 2.24) is 0 Å². The zero-order chi connectivity index (χ0) is 18.0. The van der Waals surface area contributed by atoms with Crippen LogP contribution in [0.2, 0.25) is 0 Å². The lowest BCUT2D eigenvalue weighted by molar-refractivity contribution is -0.534. The highest BCUT2D eigenvalue weighted by Crippen LogP contribution is 2.43. The van der Waals surface area contributed by atoms with Gasteiger partial charge in [0, 0.05) is 16.9 Å². The van der Waals surface area contributed by atoms with Gasteiger partial charge in [-0.25, -0.2) is 0 Å². The van der Waals surface area contributed by atoms with E-state index in [0.717, 1.165) is 5.56 Å². The quantitative estimate of drug-likeness (QED) is 0.526. The summed E-state index contributed by atoms with van der Waals surface area (Å²) in [5, 5.41) is 22.5. The molecule has 0 spiro atoms. The molecule has 0 amide bonds. The van der Waals surface area contributed by atoms with Gasteiger partial charge in [-0.05, 0) is 11.5 Å². The molecule has 2 aromatic carbocycles. The van der Waals surface area contributed by atoms with Crippen LogP contribution in [-0.4, -0.2) is 28.0 Å². The van der Waals surface area contributed by atoms with Gasteiger partial charge in [0.05, 0.1) is 17.9 Å². The molecule has 0 saturated heterocycles. The highest BCUT2D eigenvalue weighted by atomic mass is 16.6. The van der Waals surface area contributed by atoms with Crippen LogP contribution in [0.4, 0.5) is 0 Å². The molecule has 3 rings (SSSR count). The highest BCUT2D eigenvalue weighted by Gasteiger charge is 2.51. The molecule has 0 aromatic heterocycles. The summed E-state index contributed by atoms with van der Waals surface area (Å²) in [6.45, 7) is 1.77. The average Bonchev–Trinajstić information content (AvgIpc) is 2.64. The molecule has 5 heteroatoms. The number of aliphatic hydroxyl groups excluding tert-OH is 1. The normalized spacial score (nSPS) is 29.1. The predicted molar refractivity (Wildman–Crippen MR) is 94.0 cm³/mol. The summed E-state index contributed by atoms with van der Waals surface area (Å²) in [6, 6.07) is 16.9. The van der Waals surface area contributed by atoms with Crippen molar-refractivity contribution in [3.05, 3.63) is 81.9 Å². The van der Waals surface area contributed by atoms with Crippen molar-refractivity contribution in [2.24, 2.45) is 11.8 Å². The Hall–Kier alpha value is -2.53. The molecule has 0 unspecified atom stereocenters. The third-order valence-electron chi connectivity index (χ3n) is 5.18. The maximum Gasteiger partial charge on any atom is 0.221 e. The van der Waals surface area contributed by atoms with Gasteiger partial charge >= 0.3 is 0 Å². The van der Waals surface area contributed by atoms with Crippen LogP contribution in [0.25, 0.3) is 0 Å². The molecule has 1 saturated carbocycles. The van der Waals surface area contributed by atoms with Crippen LogP contribution in [0.5, 0.6) is 0 Å². The van der Waals surface area contributed by atoms with Crippen LogP contribution in [0, 0.1) is 22.0 Å². The highest BCUT2D eigenvalue weighted by molar-refractivity contribution is 5.99. The zero-order valence-electron chi connectivity index (χ0n) is 14.0. The standard InChI is InChI=1S/C20H21NO4/c1-13-12-16(21(24)25)17(14-8-4-2-5-9-14)18(19(13)22)20(23)15-10-6-3-7-11-15/h2-11,13,16-19,22H,12H2,1H3/t13-,16+,17-,18+,19-/m0/s1. The first-order valence-corrected chi connectivity index (χ1v) is 8.46. The Morgan fingerprint density at radius 1 is 1.08 bits per heavy atom. The Morgan fingerprint density at radius 3 is 2.20 bits per heavy atom. The largest absolute Gasteiger partial charge is 0.392 e. The van der Waals surface area contributed by atoms with Gasteiger partial charge in [0.15, 0.2) is 5.78 Å². The third-order valence-corrected chi connectivity index (χ3v) is 5.18. The number of carbonyl (C=O) groups is 1. The molecule has 25 heavy (non-hydrogen) atoms. The second-order valence-electron chi connectivity index (χ2n) is 6.75. The first kappa shape index (κ1) is 17.3. The maximum absolute atomic E-state index is 13.1. The second-order valence-corrected chi connectivity index (χ2v) is 6.75. The minimum absolute atomic E-state index is 0.236. The summed E-state index contributed by atoms with van der Waals surface area (Å²) >= 11 is 0. The lowest BCUT2D eigenvalue weighted by Crippen LogP contribution is -2.50. The zero-order valence-corrected chi connectivity index (χ0v) is 14.0. The predicted octanol–water partition coefficient (Wildman–Crippen LogP) is 3.32. The van der Waals surface area contributed by atoms with E-state index in [9.17, 15) is 20.0 Å². The van der Waals surface area contributed by atoms with Crippen molar-refractivity contribution in [1.29, 1.82) is 0 Å². The third kappa shape index (κ3) is 3.33. The maximum atomic E-state index is 13.1. The van der Waals surface area contributed by atoms with Crippen LogP contribution < -0.4 is 0 Å². The van der Waals surface area contributed by atoms with Crippen molar-refractivity contribution >= 4 is 5.78 Å². The Morgan fingerprint density at radius 2 is 1.64 bits per heavy atom. The van der Waals surface area contributed by atoms with Gasteiger partial charge in [0.1, 0.15) is 0 Å². The first-order valence-electron chi connectivity index (χ1n) is 8.46. The van der Waals surface area contributed by atoms with E-state index in [0.29, 0.717) is 5.56 Å². The number of hydrogen-bond acceptors (Lipinski definition) is 4. The summed E-state index contributed by atoms with van der Waals surface area (Å²) in [5.41, 5.74) is 1.20. The van der Waals surface area contributed by atoms with Crippen molar-refractivity contribution in [2.75, 3.05) is 0 Å². The van der Waals surface area contributed by atoms with E-state index in [1.54, 1.807) is 55.5 Å². The summed E-state index contributed by atoms with van der Waals surface area (Å²) < 4.78 is 0. The van der Waals surface area contributed by atoms with Crippen molar-refractivity contribution < 1.29 is 14.8 Å². The van der Waals surface area contributed by atoms with Gasteiger partial charge in [-0.15, -0.1) is 0 Å². The van der Waals surface area contributed by atoms with E-state index >= 15 is 0 Å². The molecule has 0 heterocycles. The molecule has 1 fully saturated rings. The monoisotopic (exact) mass is 339 g/mol. The molecule has 0 bridgehead atoms. The lowest BCUT2D eigenvalue weighted by Gasteiger charge is -2.40. The molecule has 130 valence electrons. The molecule has 5 atom stereocenters. The van der Waals surface area contributed by atoms with E-state index in [4.69, 9.17) is 0 Å². The summed E-state index contributed by atoms with van der Waals surface area (Å²) in [7, 11) is 0. The molecule has 1 N–H and O–H groups in total. The minimum Gasteiger partial charge on any atom is -0.392 e. The SMILES string of the molecule is C[C@H]1C[C@@H]([N+](=O)[O-])[C@H](c2ccccc2)[C@@H](C(=O)c2ccccc2)[C@H]1O. The molecule has 0 aliphatic heterocycles. The van der Waals surface area contributed by atoms with E-state index in [-0.39, 0.29) is 23.0 Å². The number of nitrogens with zero attached hydrogens (tertiary/aromatic N) is 1. The van der Waals surface area contributed by atoms with Gasteiger partial charge in [-0.2, -0.15) is 0 Å². The fourth-order valence-electron chi connectivity index (χ4n) is 3.91. The molecule has 0 radical (unpaired) electrons. The van der Waals surface area contributed by atoms with Gasteiger partial charge in [0.2, 0.25) is 6.04 Å². The molecule has 1 aliphatic rings. The van der Waals surface area contributed by atoms with Crippen LogP contribution >= 0.6 is 0 Å². The lowest BCUT2D eigenvalue weighted by atomic mass is 9.65. The fraction of sp³-hybridized carbons (Fsp3) is 0.350. The Balaban J connectivity index is 2.09. The number of benzene rings is 2. The van der Waals surface area contributed by atoms with Gasteiger partial charge in [0.25, 0.3) is 0 Å². The summed E-state index contributed by atoms with van der Waals surface area (Å²) in [5.74, 6) is -2.02. The van der Waals surface area contributed by atoms with E-state index in [2.05, 4.69) is 0 Å². The number of Topliss-reactive ketones (excluding diaryl/α,β-unsaturated/α-hetero) is 1. The Kier molecular flexibility index (Phi) is 4.95. The number of aliphatic hydroxyl groups is 1. The van der Waals surface area contributed by atoms with Crippen molar-refractivity contribution in [3.63, 3.8) is 0 Å². The second kappa shape index (κ2) is 7.15. The number of rotatable bonds is 4. The minimum atomic E-state index is -0.908. The Labute approximate surface area is 146 Å². The number of hydrogen-bond donors (Lipinski definition) is 1. The van der Waals surface area contributed by atoms with Crippen LogP contribution in [-0.2, 0) is 0 Å². The van der Waals surface area contributed by atoms with Gasteiger partial charge in [-0.3, -0.25) is 14.9 Å². The van der Waals surface area contributed by atoms with Crippen LogP contribution in [0.1, 0.15) is 35.2 Å². The van der Waals surface area contributed by atoms with Crippen LogP contribution in [0.15, 0.2) is 60.7 Å². The summed E-state index contributed by atoms with van der Waals surface area (Å²) in [4.78, 5) is 24.5. The summed E-state index contributed by atoms with van der Waals surface area (Å²) in [6.07, 6.45) is -0.652. The van der Waals surface area contributed by atoms with Crippen molar-refractivity contribution in [2.45, 2.75) is 31.4 Å². The Bertz CT molecular complexity index is 747. The van der Waals surface area contributed by atoms with E-state index in [1.807, 2.05) is 12.1 Å². The van der Waals surface area contributed by atoms with E-state index in [1.165, 1.54) is 0 Å². The van der Waals surface area contributed by atoms with Gasteiger partial charge in [-0.1, -0.05) is 67.6 Å². The number of nitro groups is 1. The van der Waals surface area contributed by atoms with Crippen LogP contribution in [0.3, 0.4) is 0 Å².